The van der Waals surface area contributed by atoms with Crippen LogP contribution in [-0.2, 0) is 28.9 Å². The van der Waals surface area contributed by atoms with E-state index >= 15 is 0 Å². The van der Waals surface area contributed by atoms with Gasteiger partial charge in [0.25, 0.3) is 0 Å². The first-order valence-electron chi connectivity index (χ1n) is 15.6. The lowest BCUT2D eigenvalue weighted by Crippen LogP contribution is -2.49. The number of methoxy groups -OCH3 is 1. The van der Waals surface area contributed by atoms with Gasteiger partial charge in [0.2, 0.25) is 5.91 Å². The van der Waals surface area contributed by atoms with Crippen molar-refractivity contribution in [2.75, 3.05) is 13.7 Å². The van der Waals surface area contributed by atoms with Crippen LogP contribution in [0.25, 0.3) is 11.0 Å². The monoisotopic (exact) mass is 635 g/mol. The average molecular weight is 636 g/mol. The first-order valence-corrected chi connectivity index (χ1v) is 15.6. The Kier molecular flexibility index (Phi) is 10.4. The molecule has 2 amide bonds. The van der Waals surface area contributed by atoms with Crippen LogP contribution in [0.15, 0.2) is 91.5 Å². The summed E-state index contributed by atoms with van der Waals surface area (Å²) in [4.78, 5) is 34.5. The van der Waals surface area contributed by atoms with Crippen LogP contribution < -0.4 is 20.1 Å². The lowest BCUT2D eigenvalue weighted by molar-refractivity contribution is -0.123. The van der Waals surface area contributed by atoms with Crippen LogP contribution in [0.2, 0.25) is 0 Å². The third-order valence-electron chi connectivity index (χ3n) is 7.48. The number of carbonyl (C=O) groups excluding carboxylic acids is 2. The van der Waals surface area contributed by atoms with Crippen molar-refractivity contribution in [1.29, 1.82) is 0 Å². The van der Waals surface area contributed by atoms with Gasteiger partial charge in [-0.1, -0.05) is 24.3 Å². The predicted molar refractivity (Wildman–Crippen MR) is 181 cm³/mol. The summed E-state index contributed by atoms with van der Waals surface area (Å²) in [5.74, 6) is 1.87. The van der Waals surface area contributed by atoms with Gasteiger partial charge in [-0.25, -0.2) is 9.78 Å². The first-order chi connectivity index (χ1) is 22.6. The van der Waals surface area contributed by atoms with Gasteiger partial charge in [0.15, 0.2) is 0 Å². The summed E-state index contributed by atoms with van der Waals surface area (Å²) in [6.07, 6.45) is 7.53. The van der Waals surface area contributed by atoms with Crippen molar-refractivity contribution in [3.05, 3.63) is 114 Å². The number of benzene rings is 2. The number of ether oxygens (including phenoxy) is 3. The molecular weight excluding hydrogens is 594 g/mol. The van der Waals surface area contributed by atoms with Crippen LogP contribution in [0.1, 0.15) is 43.0 Å². The van der Waals surface area contributed by atoms with E-state index in [-0.39, 0.29) is 12.3 Å². The molecule has 3 heterocycles. The maximum absolute atomic E-state index is 13.2. The summed E-state index contributed by atoms with van der Waals surface area (Å²) in [6, 6.07) is 20.3. The molecule has 0 aliphatic carbocycles. The minimum Gasteiger partial charge on any atom is -0.497 e. The number of aryl methyl sites for hydroxylation is 1. The van der Waals surface area contributed by atoms with E-state index in [1.807, 2.05) is 73.7 Å². The van der Waals surface area contributed by atoms with Crippen LogP contribution >= 0.6 is 0 Å². The van der Waals surface area contributed by atoms with E-state index in [9.17, 15) is 9.59 Å². The number of alkyl carbamates (subject to hydrolysis) is 1. The Hall–Kier alpha value is -5.38. The normalized spacial score (nSPS) is 11.9. The largest absolute Gasteiger partial charge is 0.497 e. The van der Waals surface area contributed by atoms with Crippen molar-refractivity contribution >= 4 is 23.0 Å². The summed E-state index contributed by atoms with van der Waals surface area (Å²) >= 11 is 0. The number of carbonyl (C=O) groups is 2. The van der Waals surface area contributed by atoms with Crippen molar-refractivity contribution in [2.24, 2.45) is 0 Å². The molecule has 0 bridgehead atoms. The molecule has 2 N–H and O–H groups in total. The summed E-state index contributed by atoms with van der Waals surface area (Å²) in [6.45, 7) is 8.47. The Morgan fingerprint density at radius 1 is 0.872 bits per heavy atom. The molecule has 10 heteroatoms. The highest BCUT2D eigenvalue weighted by atomic mass is 16.6. The molecule has 10 nitrogen and oxygen atoms in total. The number of nitrogens with zero attached hydrogens (tertiary/aromatic N) is 3. The fraction of sp³-hybridized carbons (Fsp3) is 0.297. The molecule has 5 aromatic rings. The molecule has 1 unspecified atom stereocenters. The van der Waals surface area contributed by atoms with Crippen LogP contribution in [0.5, 0.6) is 17.2 Å². The van der Waals surface area contributed by atoms with E-state index in [1.165, 1.54) is 0 Å². The number of nitrogens with one attached hydrogen (secondary N) is 2. The third-order valence-corrected chi connectivity index (χ3v) is 7.48. The standard InChI is InChI=1S/C37H41N5O5/c1-25-23-42(24-28-8-10-29(45-5)11-9-28)34-33(25)32(17-21-39-34)46-30-12-6-27(7-13-30)22-31(41-36(44)47-37(2,3)4)35(43)40-20-16-26-14-18-38-19-15-26/h6-15,17-19,21,23,31H,16,20,22,24H2,1-5H3,(H,40,43)(H,41,44). The van der Waals surface area contributed by atoms with Gasteiger partial charge in [-0.05, 0) is 98.8 Å². The Morgan fingerprint density at radius 3 is 2.23 bits per heavy atom. The number of aromatic nitrogens is 3. The molecule has 0 aliphatic rings. The molecule has 2 aromatic carbocycles. The molecule has 0 aliphatic heterocycles. The quantitative estimate of drug-likeness (QED) is 0.163. The van der Waals surface area contributed by atoms with Crippen molar-refractivity contribution in [1.82, 2.24) is 25.2 Å². The molecule has 3 aromatic heterocycles. The highest BCUT2D eigenvalue weighted by molar-refractivity contribution is 5.87. The lowest BCUT2D eigenvalue weighted by atomic mass is 10.0. The van der Waals surface area contributed by atoms with Gasteiger partial charge in [-0.3, -0.25) is 9.78 Å². The van der Waals surface area contributed by atoms with Gasteiger partial charge in [0.05, 0.1) is 12.5 Å². The zero-order valence-corrected chi connectivity index (χ0v) is 27.4. The number of hydrogen-bond donors (Lipinski definition) is 2. The minimum atomic E-state index is -0.831. The van der Waals surface area contributed by atoms with Crippen molar-refractivity contribution in [3.63, 3.8) is 0 Å². The highest BCUT2D eigenvalue weighted by Gasteiger charge is 2.25. The van der Waals surface area contributed by atoms with Gasteiger partial charge in [0.1, 0.15) is 34.5 Å². The lowest BCUT2D eigenvalue weighted by Gasteiger charge is -2.23. The number of pyridine rings is 2. The molecule has 5 rings (SSSR count). The van der Waals surface area contributed by atoms with Crippen LogP contribution in [0, 0.1) is 6.92 Å². The summed E-state index contributed by atoms with van der Waals surface area (Å²) < 4.78 is 19.2. The average Bonchev–Trinajstić information content (AvgIpc) is 3.37. The van der Waals surface area contributed by atoms with Gasteiger partial charge in [-0.15, -0.1) is 0 Å². The molecule has 0 saturated carbocycles. The Labute approximate surface area is 275 Å². The van der Waals surface area contributed by atoms with Gasteiger partial charge in [-0.2, -0.15) is 0 Å². The van der Waals surface area contributed by atoms with E-state index in [1.54, 1.807) is 46.5 Å². The van der Waals surface area contributed by atoms with E-state index < -0.39 is 17.7 Å². The van der Waals surface area contributed by atoms with Gasteiger partial charge in [0, 0.05) is 44.3 Å². The highest BCUT2D eigenvalue weighted by Crippen LogP contribution is 2.33. The number of hydrogen-bond acceptors (Lipinski definition) is 7. The molecule has 0 spiro atoms. The van der Waals surface area contributed by atoms with Crippen molar-refractivity contribution in [2.45, 2.75) is 58.7 Å². The molecule has 244 valence electrons. The first kappa shape index (κ1) is 33.0. The number of rotatable bonds is 12. The van der Waals surface area contributed by atoms with E-state index in [2.05, 4.69) is 31.4 Å². The number of fused-ring (bicyclic) bond motifs is 1. The van der Waals surface area contributed by atoms with Gasteiger partial charge >= 0.3 is 6.09 Å². The maximum Gasteiger partial charge on any atom is 0.408 e. The predicted octanol–water partition coefficient (Wildman–Crippen LogP) is 6.38. The summed E-state index contributed by atoms with van der Waals surface area (Å²) in [5, 5.41) is 6.63. The van der Waals surface area contributed by atoms with E-state index in [4.69, 9.17) is 14.2 Å². The topological polar surface area (TPSA) is 117 Å². The van der Waals surface area contributed by atoms with E-state index in [0.717, 1.165) is 39.0 Å². The smallest absolute Gasteiger partial charge is 0.408 e. The third kappa shape index (κ3) is 9.09. The minimum absolute atomic E-state index is 0.271. The molecular formula is C37H41N5O5. The second-order valence-electron chi connectivity index (χ2n) is 12.3. The Morgan fingerprint density at radius 2 is 1.55 bits per heavy atom. The second-order valence-corrected chi connectivity index (χ2v) is 12.3. The van der Waals surface area contributed by atoms with Crippen LogP contribution in [0.4, 0.5) is 4.79 Å². The fourth-order valence-corrected chi connectivity index (χ4v) is 5.23. The second kappa shape index (κ2) is 14.8. The van der Waals surface area contributed by atoms with Crippen molar-refractivity contribution in [3.8, 4) is 17.2 Å². The maximum atomic E-state index is 13.2. The molecule has 47 heavy (non-hydrogen) atoms. The zero-order chi connectivity index (χ0) is 33.4. The zero-order valence-electron chi connectivity index (χ0n) is 27.4. The Bertz CT molecular complexity index is 1800. The number of amides is 2. The molecule has 1 atom stereocenters. The van der Waals surface area contributed by atoms with Gasteiger partial charge < -0.3 is 29.4 Å². The molecule has 0 saturated heterocycles. The summed E-state index contributed by atoms with van der Waals surface area (Å²) in [5.41, 5.74) is 4.23. The van der Waals surface area contributed by atoms with E-state index in [0.29, 0.717) is 31.0 Å². The van der Waals surface area contributed by atoms with Crippen LogP contribution in [0.3, 0.4) is 0 Å². The summed E-state index contributed by atoms with van der Waals surface area (Å²) in [7, 11) is 1.66. The SMILES string of the molecule is COc1ccc(Cn2cc(C)c3c(Oc4ccc(CC(NC(=O)OC(C)(C)C)C(=O)NCCc5ccncc5)cc4)ccnc32)cc1. The Balaban J connectivity index is 1.27. The van der Waals surface area contributed by atoms with Crippen LogP contribution in [-0.4, -0.2) is 51.8 Å². The molecule has 0 radical (unpaired) electrons. The molecule has 0 fully saturated rings. The van der Waals surface area contributed by atoms with Crippen molar-refractivity contribution < 1.29 is 23.8 Å². The fourth-order valence-electron chi connectivity index (χ4n) is 5.23.